The highest BCUT2D eigenvalue weighted by atomic mass is 32.2. The van der Waals surface area contributed by atoms with Gasteiger partial charge in [0.25, 0.3) is 5.91 Å². The number of ether oxygens (including phenoxy) is 1. The predicted octanol–water partition coefficient (Wildman–Crippen LogP) is 7.91. The van der Waals surface area contributed by atoms with Gasteiger partial charge in [0.15, 0.2) is 11.0 Å². The number of hydrogen-bond acceptors (Lipinski definition) is 6. The Balaban J connectivity index is 1.23. The molecule has 2 unspecified atom stereocenters. The first kappa shape index (κ1) is 33.2. The molecular formula is C34H37F3N6O2S. The lowest BCUT2D eigenvalue weighted by atomic mass is 9.99. The molecule has 1 saturated heterocycles. The van der Waals surface area contributed by atoms with Gasteiger partial charge in [-0.05, 0) is 67.1 Å². The largest absolute Gasteiger partial charge is 0.573 e. The Hall–Kier alpha value is -4.16. The Labute approximate surface area is 271 Å². The molecule has 2 heterocycles. The van der Waals surface area contributed by atoms with E-state index < -0.39 is 6.36 Å². The first-order valence-electron chi connectivity index (χ1n) is 15.3. The lowest BCUT2D eigenvalue weighted by Gasteiger charge is -2.37. The summed E-state index contributed by atoms with van der Waals surface area (Å²) in [7, 11) is 0. The lowest BCUT2D eigenvalue weighted by Crippen LogP contribution is -2.42. The standard InChI is InChI=1S/C34H37F3N6O2S/c1-5-29(38-20-31(44)40-33-43(23(4)18-19-46-33)30-9-7-6-8-28(30)22(2)3)24-10-12-25(13-11-24)32-39-21-42(41-32)26-14-16-27(17-15-26)45-34(35,36)37/h6-17,21-23,29,38H,5,18-20H2,1-4H3/b40-33-. The summed E-state index contributed by atoms with van der Waals surface area (Å²) in [4.78, 5) is 24.3. The maximum Gasteiger partial charge on any atom is 0.573 e. The molecule has 2 atom stereocenters. The number of para-hydroxylation sites is 1. The van der Waals surface area contributed by atoms with Crippen molar-refractivity contribution in [3.63, 3.8) is 0 Å². The minimum absolute atomic E-state index is 0.0585. The third-order valence-corrected chi connectivity index (χ3v) is 8.74. The van der Waals surface area contributed by atoms with Crippen molar-refractivity contribution < 1.29 is 22.7 Å². The highest BCUT2D eigenvalue weighted by molar-refractivity contribution is 8.14. The second-order valence-corrected chi connectivity index (χ2v) is 12.4. The molecule has 3 aromatic carbocycles. The van der Waals surface area contributed by atoms with Crippen molar-refractivity contribution in [1.29, 1.82) is 0 Å². The molecule has 4 aromatic rings. The maximum atomic E-state index is 13.1. The van der Waals surface area contributed by atoms with Crippen LogP contribution in [0, 0.1) is 0 Å². The molecule has 0 bridgehead atoms. The third-order valence-electron chi connectivity index (χ3n) is 7.76. The van der Waals surface area contributed by atoms with E-state index in [0.717, 1.165) is 40.6 Å². The van der Waals surface area contributed by atoms with Crippen LogP contribution >= 0.6 is 11.8 Å². The molecule has 5 rings (SSSR count). The number of nitrogens with zero attached hydrogens (tertiary/aromatic N) is 5. The SMILES string of the molecule is CCC(NCC(=O)/N=C1\SCCC(C)N1c1ccccc1C(C)C)c1ccc(-c2ncn(-c3ccc(OC(F)(F)F)cc3)n2)cc1. The predicted molar refractivity (Wildman–Crippen MR) is 177 cm³/mol. The zero-order valence-electron chi connectivity index (χ0n) is 26.2. The molecule has 1 aromatic heterocycles. The van der Waals surface area contributed by atoms with E-state index in [2.05, 4.69) is 75.9 Å². The van der Waals surface area contributed by atoms with E-state index in [1.165, 1.54) is 40.8 Å². The van der Waals surface area contributed by atoms with Crippen molar-refractivity contribution in [1.82, 2.24) is 20.1 Å². The van der Waals surface area contributed by atoms with Crippen LogP contribution in [0.1, 0.15) is 63.6 Å². The number of carbonyl (C=O) groups is 1. The van der Waals surface area contributed by atoms with Crippen LogP contribution in [-0.2, 0) is 4.79 Å². The average molecular weight is 651 g/mol. The van der Waals surface area contributed by atoms with Crippen LogP contribution in [0.15, 0.2) is 84.1 Å². The quantitative estimate of drug-likeness (QED) is 0.187. The van der Waals surface area contributed by atoms with Crippen molar-refractivity contribution in [2.45, 2.75) is 64.9 Å². The highest BCUT2D eigenvalue weighted by Gasteiger charge is 2.31. The number of amides is 1. The Morgan fingerprint density at radius 2 is 1.80 bits per heavy atom. The van der Waals surface area contributed by atoms with Crippen molar-refractivity contribution in [3.8, 4) is 22.8 Å². The summed E-state index contributed by atoms with van der Waals surface area (Å²) < 4.78 is 42.8. The fourth-order valence-electron chi connectivity index (χ4n) is 5.37. The number of alkyl halides is 3. The summed E-state index contributed by atoms with van der Waals surface area (Å²) in [5.41, 5.74) is 4.68. The van der Waals surface area contributed by atoms with Gasteiger partial charge in [-0.25, -0.2) is 9.67 Å². The Morgan fingerprint density at radius 3 is 2.48 bits per heavy atom. The number of rotatable bonds is 10. The minimum Gasteiger partial charge on any atom is -0.406 e. The Morgan fingerprint density at radius 1 is 1.09 bits per heavy atom. The topological polar surface area (TPSA) is 84.6 Å². The molecule has 242 valence electrons. The smallest absolute Gasteiger partial charge is 0.406 e. The number of amidine groups is 1. The van der Waals surface area contributed by atoms with E-state index >= 15 is 0 Å². The van der Waals surface area contributed by atoms with Crippen molar-refractivity contribution >= 4 is 28.5 Å². The van der Waals surface area contributed by atoms with Crippen molar-refractivity contribution in [2.24, 2.45) is 4.99 Å². The minimum atomic E-state index is -4.75. The number of anilines is 1. The monoisotopic (exact) mass is 650 g/mol. The van der Waals surface area contributed by atoms with Gasteiger partial charge in [-0.1, -0.05) is 75.0 Å². The molecule has 12 heteroatoms. The summed E-state index contributed by atoms with van der Waals surface area (Å²) in [6.45, 7) is 8.70. The Kier molecular flexibility index (Phi) is 10.5. The van der Waals surface area contributed by atoms with Gasteiger partial charge in [-0.2, -0.15) is 4.99 Å². The fourth-order valence-corrected chi connectivity index (χ4v) is 6.59. The van der Waals surface area contributed by atoms with Gasteiger partial charge in [0.05, 0.1) is 12.2 Å². The van der Waals surface area contributed by atoms with Gasteiger partial charge in [-0.3, -0.25) is 4.79 Å². The number of benzene rings is 3. The summed E-state index contributed by atoms with van der Waals surface area (Å²) >= 11 is 1.62. The number of halogens is 3. The van der Waals surface area contributed by atoms with Crippen LogP contribution < -0.4 is 15.0 Å². The van der Waals surface area contributed by atoms with Crippen LogP contribution in [0.2, 0.25) is 0 Å². The first-order chi connectivity index (χ1) is 22.0. The van der Waals surface area contributed by atoms with Gasteiger partial charge in [0, 0.05) is 29.1 Å². The second-order valence-electron chi connectivity index (χ2n) is 11.4. The average Bonchev–Trinajstić information content (AvgIpc) is 3.52. The van der Waals surface area contributed by atoms with E-state index in [1.54, 1.807) is 11.8 Å². The van der Waals surface area contributed by atoms with Gasteiger partial charge >= 0.3 is 6.36 Å². The van der Waals surface area contributed by atoms with Gasteiger partial charge in [0.2, 0.25) is 0 Å². The number of aliphatic imine (C=N–C) groups is 1. The summed E-state index contributed by atoms with van der Waals surface area (Å²) in [5, 5.41) is 8.59. The van der Waals surface area contributed by atoms with E-state index in [1.807, 2.05) is 30.3 Å². The lowest BCUT2D eigenvalue weighted by molar-refractivity contribution is -0.274. The van der Waals surface area contributed by atoms with Crippen molar-refractivity contribution in [3.05, 3.63) is 90.3 Å². The fraction of sp³-hybridized carbons (Fsp3) is 0.353. The molecule has 8 nitrogen and oxygen atoms in total. The maximum absolute atomic E-state index is 13.1. The molecule has 1 fully saturated rings. The van der Waals surface area contributed by atoms with Gasteiger partial charge in [-0.15, -0.1) is 18.3 Å². The molecule has 1 aliphatic heterocycles. The van der Waals surface area contributed by atoms with Gasteiger partial charge in [0.1, 0.15) is 12.1 Å². The number of aromatic nitrogens is 3. The van der Waals surface area contributed by atoms with Crippen LogP contribution in [0.25, 0.3) is 17.1 Å². The van der Waals surface area contributed by atoms with E-state index in [4.69, 9.17) is 0 Å². The second kappa shape index (κ2) is 14.5. The van der Waals surface area contributed by atoms with E-state index in [0.29, 0.717) is 17.4 Å². The van der Waals surface area contributed by atoms with Crippen LogP contribution in [-0.4, -0.2) is 50.5 Å². The van der Waals surface area contributed by atoms with E-state index in [9.17, 15) is 18.0 Å². The molecule has 1 amide bonds. The van der Waals surface area contributed by atoms with Crippen LogP contribution in [0.4, 0.5) is 18.9 Å². The summed E-state index contributed by atoms with van der Waals surface area (Å²) in [6, 6.07) is 21.7. The molecule has 0 aliphatic carbocycles. The normalized spacial score (nSPS) is 17.0. The third kappa shape index (κ3) is 8.16. The zero-order valence-corrected chi connectivity index (χ0v) is 27.0. The number of carbonyl (C=O) groups excluding carboxylic acids is 1. The van der Waals surface area contributed by atoms with Crippen LogP contribution in [0.5, 0.6) is 5.75 Å². The molecule has 1 N–H and O–H groups in total. The molecule has 46 heavy (non-hydrogen) atoms. The molecule has 0 saturated carbocycles. The molecule has 0 spiro atoms. The number of thioether (sulfide) groups is 1. The molecule has 0 radical (unpaired) electrons. The number of hydrogen-bond donors (Lipinski definition) is 1. The Bertz CT molecular complexity index is 1650. The zero-order chi connectivity index (χ0) is 32.8. The van der Waals surface area contributed by atoms with Gasteiger partial charge < -0.3 is 15.0 Å². The highest BCUT2D eigenvalue weighted by Crippen LogP contribution is 2.35. The number of nitrogens with one attached hydrogen (secondary N) is 1. The summed E-state index contributed by atoms with van der Waals surface area (Å²) in [5.74, 6) is 1.21. The van der Waals surface area contributed by atoms with Crippen LogP contribution in [0.3, 0.4) is 0 Å². The van der Waals surface area contributed by atoms with Crippen molar-refractivity contribution in [2.75, 3.05) is 17.2 Å². The first-order valence-corrected chi connectivity index (χ1v) is 16.2. The van der Waals surface area contributed by atoms with E-state index in [-0.39, 0.29) is 30.3 Å². The molecule has 1 aliphatic rings. The molecular weight excluding hydrogens is 613 g/mol. The summed E-state index contributed by atoms with van der Waals surface area (Å²) in [6.07, 6.45) is -1.47.